The third kappa shape index (κ3) is 12.8. The van der Waals surface area contributed by atoms with Gasteiger partial charge in [-0.05, 0) is 41.5 Å². The van der Waals surface area contributed by atoms with Crippen molar-refractivity contribution >= 4 is 0 Å². The summed E-state index contributed by atoms with van der Waals surface area (Å²) < 4.78 is 0. The van der Waals surface area contributed by atoms with E-state index in [1.807, 2.05) is 0 Å². The minimum atomic E-state index is 0. The minimum Gasteiger partial charge on any atom is -1.00 e. The van der Waals surface area contributed by atoms with E-state index in [2.05, 4.69) is 77.9 Å². The molecule has 0 spiro atoms. The van der Waals surface area contributed by atoms with Gasteiger partial charge in [-0.15, -0.1) is 0 Å². The Morgan fingerprint density at radius 2 is 0.455 bits per heavy atom. The molecule has 0 unspecified atom stereocenters. The zero-order chi connectivity index (χ0) is 13.7. The molecule has 4 heteroatoms. The monoisotopic (exact) mass is 514 g/mol. The third-order valence-corrected chi connectivity index (χ3v) is 2.73. The van der Waals surface area contributed by atoms with Gasteiger partial charge in [0.15, 0.2) is 0 Å². The summed E-state index contributed by atoms with van der Waals surface area (Å²) in [6, 6.07) is 13.1. The Bertz CT molecular complexity index is 390. The summed E-state index contributed by atoms with van der Waals surface area (Å²) >= 11 is 0. The molecule has 22 heavy (non-hydrogen) atoms. The normalized spacial score (nSPS) is 7.91. The quantitative estimate of drug-likeness (QED) is 0.406. The maximum absolute atomic E-state index is 2.19. The van der Waals surface area contributed by atoms with Gasteiger partial charge in [-0.3, -0.25) is 0 Å². The molecule has 0 aromatic heterocycles. The van der Waals surface area contributed by atoms with E-state index in [-0.39, 0.29) is 63.8 Å². The van der Waals surface area contributed by atoms with E-state index in [1.165, 1.54) is 33.4 Å². The van der Waals surface area contributed by atoms with Crippen LogP contribution in [0.3, 0.4) is 0 Å². The fraction of sp³-hybridized carbons (Fsp3) is 0.333. The van der Waals surface area contributed by atoms with E-state index in [9.17, 15) is 0 Å². The number of halogens is 2. The summed E-state index contributed by atoms with van der Waals surface area (Å²) in [5.41, 5.74) is 8.13. The summed E-state index contributed by atoms with van der Waals surface area (Å²) in [4.78, 5) is 0. The molecular weight excluding hydrogens is 489 g/mol. The Balaban J connectivity index is -0.000000125. The van der Waals surface area contributed by atoms with Crippen LogP contribution in [-0.4, -0.2) is 0 Å². The van der Waals surface area contributed by atoms with Crippen LogP contribution in [0.25, 0.3) is 0 Å². The second-order valence-electron chi connectivity index (χ2n) is 5.33. The van der Waals surface area contributed by atoms with Crippen LogP contribution in [0.15, 0.2) is 36.4 Å². The van der Waals surface area contributed by atoms with Gasteiger partial charge in [-0.2, -0.15) is 0 Å². The molecule has 0 aliphatic heterocycles. The zero-order valence-corrected chi connectivity index (χ0v) is 18.9. The predicted octanol–water partition coefficient (Wildman–Crippen LogP) is -0.773. The van der Waals surface area contributed by atoms with Crippen LogP contribution in [-0.2, 0) is 39.0 Å². The third-order valence-electron chi connectivity index (χ3n) is 2.73. The molecule has 0 N–H and O–H groups in total. The number of aryl methyl sites for hydroxylation is 6. The fourth-order valence-electron chi connectivity index (χ4n) is 2.40. The van der Waals surface area contributed by atoms with E-state index < -0.39 is 0 Å². The molecule has 0 amide bonds. The Morgan fingerprint density at radius 3 is 0.545 bits per heavy atom. The average molecular weight is 513 g/mol. The van der Waals surface area contributed by atoms with Crippen LogP contribution in [0.5, 0.6) is 0 Å². The first-order valence-corrected chi connectivity index (χ1v) is 6.46. The van der Waals surface area contributed by atoms with Gasteiger partial charge in [-0.25, -0.2) is 0 Å². The summed E-state index contributed by atoms with van der Waals surface area (Å²) in [6.45, 7) is 12.8. The number of hydrogen-bond acceptors (Lipinski definition) is 0. The first-order chi connectivity index (χ1) is 8.36. The van der Waals surface area contributed by atoms with Crippen molar-refractivity contribution in [2.24, 2.45) is 0 Å². The summed E-state index contributed by atoms with van der Waals surface area (Å²) in [5, 5.41) is 0. The van der Waals surface area contributed by atoms with Crippen molar-refractivity contribution in [1.29, 1.82) is 0 Å². The molecule has 0 saturated heterocycles. The Morgan fingerprint density at radius 1 is 0.364 bits per heavy atom. The Labute approximate surface area is 174 Å². The molecule has 0 heterocycles. The molecule has 0 bridgehead atoms. The smallest absolute Gasteiger partial charge is 1.00 e. The molecule has 0 fully saturated rings. The number of benzene rings is 2. The van der Waals surface area contributed by atoms with E-state index in [0.717, 1.165) is 0 Å². The van der Waals surface area contributed by atoms with Crippen LogP contribution in [0, 0.1) is 41.5 Å². The van der Waals surface area contributed by atoms with Gasteiger partial charge >= 0.3 is 39.0 Å². The molecule has 2 aromatic carbocycles. The minimum absolute atomic E-state index is 0. The summed E-state index contributed by atoms with van der Waals surface area (Å²) in [7, 11) is 0. The van der Waals surface area contributed by atoms with Crippen molar-refractivity contribution in [3.8, 4) is 0 Å². The van der Waals surface area contributed by atoms with Crippen molar-refractivity contribution in [2.75, 3.05) is 0 Å². The Hall–Kier alpha value is 0.267. The first kappa shape index (κ1) is 30.2. The fourth-order valence-corrected chi connectivity index (χ4v) is 2.40. The van der Waals surface area contributed by atoms with E-state index >= 15 is 0 Å². The predicted molar refractivity (Wildman–Crippen MR) is 81.3 cm³/mol. The van der Waals surface area contributed by atoms with Gasteiger partial charge in [0.05, 0.1) is 0 Å². The van der Waals surface area contributed by atoms with Crippen LogP contribution >= 0.6 is 0 Å². The molecule has 0 aliphatic carbocycles. The van der Waals surface area contributed by atoms with E-state index in [1.54, 1.807) is 0 Å². The van der Waals surface area contributed by atoms with Gasteiger partial charge in [-0.1, -0.05) is 69.8 Å². The SMILES string of the molecule is Cc1cc(C)cc(C)c1.Cc1cc(C)cc(C)c1.[Cl-].[Cl-].[Ru+].[Ru+]. The van der Waals surface area contributed by atoms with Crippen LogP contribution in [0.1, 0.15) is 33.4 Å². The summed E-state index contributed by atoms with van der Waals surface area (Å²) in [6.07, 6.45) is 0. The van der Waals surface area contributed by atoms with Crippen molar-refractivity contribution in [3.05, 3.63) is 69.8 Å². The van der Waals surface area contributed by atoms with E-state index in [0.29, 0.717) is 0 Å². The first-order valence-electron chi connectivity index (χ1n) is 6.46. The number of hydrogen-bond donors (Lipinski definition) is 0. The van der Waals surface area contributed by atoms with Crippen LogP contribution in [0.4, 0.5) is 0 Å². The second-order valence-corrected chi connectivity index (χ2v) is 5.33. The largest absolute Gasteiger partial charge is 1.00 e. The average Bonchev–Trinajstić information content (AvgIpc) is 2.12. The molecule has 0 aliphatic rings. The molecular formula is C18H24Cl2Ru2. The molecule has 2 radical (unpaired) electrons. The maximum atomic E-state index is 2.19. The van der Waals surface area contributed by atoms with Crippen molar-refractivity contribution in [2.45, 2.75) is 41.5 Å². The van der Waals surface area contributed by atoms with Crippen LogP contribution < -0.4 is 24.8 Å². The summed E-state index contributed by atoms with van der Waals surface area (Å²) in [5.74, 6) is 0. The van der Waals surface area contributed by atoms with Gasteiger partial charge in [0, 0.05) is 0 Å². The topological polar surface area (TPSA) is 0 Å². The standard InChI is InChI=1S/2C9H12.2ClH.2Ru/c2*1-7-4-8(2)6-9(3)5-7;;;;/h2*4-6H,1-3H3;2*1H;;/q;;;;2*+1/p-2. The van der Waals surface area contributed by atoms with Crippen molar-refractivity contribution in [3.63, 3.8) is 0 Å². The van der Waals surface area contributed by atoms with Crippen molar-refractivity contribution < 1.29 is 63.8 Å². The second kappa shape index (κ2) is 14.8. The molecule has 0 atom stereocenters. The van der Waals surface area contributed by atoms with Crippen molar-refractivity contribution in [1.82, 2.24) is 0 Å². The molecule has 0 saturated carbocycles. The van der Waals surface area contributed by atoms with Gasteiger partial charge in [0.2, 0.25) is 0 Å². The zero-order valence-electron chi connectivity index (χ0n) is 13.9. The molecule has 2 rings (SSSR count). The van der Waals surface area contributed by atoms with E-state index in [4.69, 9.17) is 0 Å². The van der Waals surface area contributed by atoms with Gasteiger partial charge < -0.3 is 24.8 Å². The maximum Gasteiger partial charge on any atom is 1.00 e. The number of rotatable bonds is 0. The molecule has 0 nitrogen and oxygen atoms in total. The van der Waals surface area contributed by atoms with Crippen LogP contribution in [0.2, 0.25) is 0 Å². The molecule has 2 aromatic rings. The molecule has 126 valence electrons. The Kier molecular flexibility index (Phi) is 20.3. The van der Waals surface area contributed by atoms with Gasteiger partial charge in [0.1, 0.15) is 0 Å². The van der Waals surface area contributed by atoms with Gasteiger partial charge in [0.25, 0.3) is 0 Å².